The molecule has 2 aliphatic rings. The SMILES string of the molecule is Cc1ncc(CN2CCC(n3cc(C4CCCCC4)nn3)CC2)cn1. The lowest BCUT2D eigenvalue weighted by Gasteiger charge is -2.31. The number of aromatic nitrogens is 5. The van der Waals surface area contributed by atoms with Crippen molar-refractivity contribution < 1.29 is 0 Å². The maximum Gasteiger partial charge on any atom is 0.125 e. The minimum absolute atomic E-state index is 0.496. The standard InChI is InChI=1S/C19H28N6/c1-15-20-11-16(12-21-15)13-24-9-7-18(8-10-24)25-14-19(22-23-25)17-5-3-2-4-6-17/h11-12,14,17-18H,2-10,13H2,1H3. The second-order valence-corrected chi connectivity index (χ2v) is 7.60. The Balaban J connectivity index is 1.31. The van der Waals surface area contributed by atoms with E-state index in [1.54, 1.807) is 0 Å². The van der Waals surface area contributed by atoms with Gasteiger partial charge >= 0.3 is 0 Å². The summed E-state index contributed by atoms with van der Waals surface area (Å²) in [5, 5.41) is 8.95. The van der Waals surface area contributed by atoms with Gasteiger partial charge in [-0.2, -0.15) is 0 Å². The molecule has 6 heteroatoms. The van der Waals surface area contributed by atoms with Crippen molar-refractivity contribution in [1.82, 2.24) is 29.9 Å². The summed E-state index contributed by atoms with van der Waals surface area (Å²) in [6.07, 6.45) is 15.0. The third-order valence-electron chi connectivity index (χ3n) is 5.72. The molecule has 4 rings (SSSR count). The Labute approximate surface area is 149 Å². The van der Waals surface area contributed by atoms with Crippen LogP contribution < -0.4 is 0 Å². The number of likely N-dealkylation sites (tertiary alicyclic amines) is 1. The fourth-order valence-corrected chi connectivity index (χ4v) is 4.16. The molecule has 2 fully saturated rings. The topological polar surface area (TPSA) is 59.7 Å². The van der Waals surface area contributed by atoms with Crippen LogP contribution in [0.5, 0.6) is 0 Å². The monoisotopic (exact) mass is 340 g/mol. The number of nitrogens with zero attached hydrogens (tertiary/aromatic N) is 6. The molecule has 1 saturated carbocycles. The molecule has 2 aromatic rings. The molecule has 0 spiro atoms. The summed E-state index contributed by atoms with van der Waals surface area (Å²) in [4.78, 5) is 11.1. The number of aryl methyl sites for hydroxylation is 1. The van der Waals surface area contributed by atoms with Gasteiger partial charge in [0.15, 0.2) is 0 Å². The largest absolute Gasteiger partial charge is 0.299 e. The van der Waals surface area contributed by atoms with Crippen LogP contribution in [-0.4, -0.2) is 43.0 Å². The molecule has 0 amide bonds. The second kappa shape index (κ2) is 7.60. The van der Waals surface area contributed by atoms with Gasteiger partial charge in [0, 0.05) is 49.7 Å². The highest BCUT2D eigenvalue weighted by molar-refractivity contribution is 5.06. The van der Waals surface area contributed by atoms with Crippen molar-refractivity contribution in [3.05, 3.63) is 35.7 Å². The molecule has 0 aromatic carbocycles. The molecule has 1 aliphatic heterocycles. The lowest BCUT2D eigenvalue weighted by atomic mass is 9.87. The van der Waals surface area contributed by atoms with Gasteiger partial charge in [-0.15, -0.1) is 5.10 Å². The molecular formula is C19H28N6. The zero-order chi connectivity index (χ0) is 17.1. The average molecular weight is 340 g/mol. The molecule has 3 heterocycles. The Morgan fingerprint density at radius 2 is 1.72 bits per heavy atom. The fraction of sp³-hybridized carbons (Fsp3) is 0.684. The Bertz CT molecular complexity index is 665. The van der Waals surface area contributed by atoms with Crippen molar-refractivity contribution in [3.63, 3.8) is 0 Å². The van der Waals surface area contributed by atoms with Crippen LogP contribution in [-0.2, 0) is 6.54 Å². The maximum atomic E-state index is 4.49. The van der Waals surface area contributed by atoms with Gasteiger partial charge in [-0.25, -0.2) is 14.6 Å². The number of hydrogen-bond donors (Lipinski definition) is 0. The smallest absolute Gasteiger partial charge is 0.125 e. The second-order valence-electron chi connectivity index (χ2n) is 7.60. The van der Waals surface area contributed by atoms with Crippen LogP contribution in [0.1, 0.15) is 74.0 Å². The molecule has 1 saturated heterocycles. The van der Waals surface area contributed by atoms with Crippen LogP contribution in [0.3, 0.4) is 0 Å². The van der Waals surface area contributed by atoms with E-state index in [2.05, 4.69) is 36.1 Å². The molecule has 0 atom stereocenters. The molecular weight excluding hydrogens is 312 g/mol. The van der Waals surface area contributed by atoms with Crippen molar-refractivity contribution in [2.45, 2.75) is 70.4 Å². The molecule has 2 aromatic heterocycles. The van der Waals surface area contributed by atoms with Gasteiger partial charge in [-0.05, 0) is 32.6 Å². The summed E-state index contributed by atoms with van der Waals surface area (Å²) < 4.78 is 2.14. The van der Waals surface area contributed by atoms with Crippen LogP contribution >= 0.6 is 0 Å². The number of rotatable bonds is 4. The van der Waals surface area contributed by atoms with Crippen molar-refractivity contribution >= 4 is 0 Å². The van der Waals surface area contributed by atoms with E-state index in [0.29, 0.717) is 12.0 Å². The van der Waals surface area contributed by atoms with E-state index in [1.807, 2.05) is 19.3 Å². The lowest BCUT2D eigenvalue weighted by Crippen LogP contribution is -2.34. The summed E-state index contributed by atoms with van der Waals surface area (Å²) in [5.41, 5.74) is 2.42. The Hall–Kier alpha value is -1.82. The zero-order valence-corrected chi connectivity index (χ0v) is 15.1. The van der Waals surface area contributed by atoms with E-state index in [-0.39, 0.29) is 0 Å². The molecule has 6 nitrogen and oxygen atoms in total. The van der Waals surface area contributed by atoms with E-state index >= 15 is 0 Å². The quantitative estimate of drug-likeness (QED) is 0.855. The van der Waals surface area contributed by atoms with Crippen LogP contribution in [0.2, 0.25) is 0 Å². The third kappa shape index (κ3) is 4.06. The molecule has 0 bridgehead atoms. The van der Waals surface area contributed by atoms with E-state index in [1.165, 1.54) is 43.4 Å². The molecule has 0 radical (unpaired) electrons. The van der Waals surface area contributed by atoms with Crippen LogP contribution in [0.4, 0.5) is 0 Å². The molecule has 0 unspecified atom stereocenters. The summed E-state index contributed by atoms with van der Waals surface area (Å²) >= 11 is 0. The molecule has 0 N–H and O–H groups in total. The zero-order valence-electron chi connectivity index (χ0n) is 15.1. The van der Waals surface area contributed by atoms with Gasteiger partial charge in [-0.1, -0.05) is 24.5 Å². The van der Waals surface area contributed by atoms with Crippen LogP contribution in [0, 0.1) is 6.92 Å². The van der Waals surface area contributed by atoms with Crippen LogP contribution in [0.15, 0.2) is 18.6 Å². The summed E-state index contributed by atoms with van der Waals surface area (Å²) in [6.45, 7) is 5.06. The number of piperidine rings is 1. The van der Waals surface area contributed by atoms with E-state index in [9.17, 15) is 0 Å². The molecule has 25 heavy (non-hydrogen) atoms. The van der Waals surface area contributed by atoms with E-state index in [0.717, 1.165) is 38.3 Å². The minimum Gasteiger partial charge on any atom is -0.299 e. The molecule has 134 valence electrons. The van der Waals surface area contributed by atoms with Gasteiger partial charge in [0.05, 0.1) is 11.7 Å². The molecule has 1 aliphatic carbocycles. The van der Waals surface area contributed by atoms with Crippen molar-refractivity contribution in [1.29, 1.82) is 0 Å². The highest BCUT2D eigenvalue weighted by Gasteiger charge is 2.24. The van der Waals surface area contributed by atoms with Crippen LogP contribution in [0.25, 0.3) is 0 Å². The predicted octanol–water partition coefficient (Wildman–Crippen LogP) is 3.26. The Morgan fingerprint density at radius 1 is 1.00 bits per heavy atom. The van der Waals surface area contributed by atoms with Gasteiger partial charge in [-0.3, -0.25) is 4.90 Å². The highest BCUT2D eigenvalue weighted by Crippen LogP contribution is 2.32. The summed E-state index contributed by atoms with van der Waals surface area (Å²) in [5.74, 6) is 1.48. The first-order chi connectivity index (χ1) is 12.3. The van der Waals surface area contributed by atoms with Crippen molar-refractivity contribution in [2.75, 3.05) is 13.1 Å². The first-order valence-corrected chi connectivity index (χ1v) is 9.69. The minimum atomic E-state index is 0.496. The van der Waals surface area contributed by atoms with Crippen molar-refractivity contribution in [3.8, 4) is 0 Å². The first kappa shape index (κ1) is 16.6. The highest BCUT2D eigenvalue weighted by atomic mass is 15.4. The van der Waals surface area contributed by atoms with Gasteiger partial charge < -0.3 is 0 Å². The fourth-order valence-electron chi connectivity index (χ4n) is 4.16. The van der Waals surface area contributed by atoms with Gasteiger partial charge in [0.2, 0.25) is 0 Å². The summed E-state index contributed by atoms with van der Waals surface area (Å²) in [7, 11) is 0. The normalized spacial score (nSPS) is 20.8. The third-order valence-corrected chi connectivity index (χ3v) is 5.72. The van der Waals surface area contributed by atoms with Gasteiger partial charge in [0.25, 0.3) is 0 Å². The van der Waals surface area contributed by atoms with Crippen molar-refractivity contribution in [2.24, 2.45) is 0 Å². The van der Waals surface area contributed by atoms with E-state index < -0.39 is 0 Å². The maximum absolute atomic E-state index is 4.49. The Morgan fingerprint density at radius 3 is 2.44 bits per heavy atom. The van der Waals surface area contributed by atoms with Gasteiger partial charge in [0.1, 0.15) is 5.82 Å². The Kier molecular flexibility index (Phi) is 5.06. The predicted molar refractivity (Wildman–Crippen MR) is 96.2 cm³/mol. The van der Waals surface area contributed by atoms with E-state index in [4.69, 9.17) is 0 Å². The first-order valence-electron chi connectivity index (χ1n) is 9.69. The number of hydrogen-bond acceptors (Lipinski definition) is 5. The summed E-state index contributed by atoms with van der Waals surface area (Å²) in [6, 6.07) is 0.496. The average Bonchev–Trinajstić information content (AvgIpc) is 3.15. The lowest BCUT2D eigenvalue weighted by molar-refractivity contribution is 0.172.